The maximum atomic E-state index is 11.9. The molecule has 0 spiro atoms. The molecule has 0 amide bonds. The Balaban J connectivity index is 2.72. The minimum Gasteiger partial charge on any atom is -0.465 e. The van der Waals surface area contributed by atoms with Crippen molar-refractivity contribution in [3.05, 3.63) is 23.8 Å². The van der Waals surface area contributed by atoms with Crippen LogP contribution in [0.5, 0.6) is 0 Å². The normalized spacial score (nSPS) is 14.7. The molecule has 112 valence electrons. The molecule has 0 aliphatic heterocycles. The SMILES string of the molecule is C=C(CC(C(=O)OCC)C(=O)OCC)C1=CCCCC1. The quantitative estimate of drug-likeness (QED) is 0.531. The molecular formula is C16H24O4. The number of allylic oxidation sites excluding steroid dienone is 3. The molecule has 0 heterocycles. The highest BCUT2D eigenvalue weighted by Crippen LogP contribution is 2.27. The summed E-state index contributed by atoms with van der Waals surface area (Å²) in [5.41, 5.74) is 2.01. The highest BCUT2D eigenvalue weighted by molar-refractivity contribution is 5.95. The summed E-state index contributed by atoms with van der Waals surface area (Å²) in [5.74, 6) is -1.95. The summed E-state index contributed by atoms with van der Waals surface area (Å²) in [7, 11) is 0. The summed E-state index contributed by atoms with van der Waals surface area (Å²) in [6, 6.07) is 0. The van der Waals surface area contributed by atoms with Gasteiger partial charge in [-0.3, -0.25) is 9.59 Å². The van der Waals surface area contributed by atoms with Gasteiger partial charge in [-0.2, -0.15) is 0 Å². The van der Waals surface area contributed by atoms with E-state index in [1.807, 2.05) is 0 Å². The van der Waals surface area contributed by atoms with Gasteiger partial charge >= 0.3 is 11.9 Å². The second kappa shape index (κ2) is 8.56. The van der Waals surface area contributed by atoms with Gasteiger partial charge in [0.25, 0.3) is 0 Å². The number of carbonyl (C=O) groups is 2. The van der Waals surface area contributed by atoms with Crippen molar-refractivity contribution in [3.63, 3.8) is 0 Å². The largest absolute Gasteiger partial charge is 0.465 e. The van der Waals surface area contributed by atoms with Crippen LogP contribution in [0.4, 0.5) is 0 Å². The molecule has 0 unspecified atom stereocenters. The van der Waals surface area contributed by atoms with E-state index in [-0.39, 0.29) is 19.6 Å². The molecule has 4 heteroatoms. The third-order valence-electron chi connectivity index (χ3n) is 3.34. The lowest BCUT2D eigenvalue weighted by atomic mass is 9.89. The maximum absolute atomic E-state index is 11.9. The fourth-order valence-corrected chi connectivity index (χ4v) is 2.29. The van der Waals surface area contributed by atoms with Gasteiger partial charge in [0, 0.05) is 0 Å². The Bertz CT molecular complexity index is 377. The van der Waals surface area contributed by atoms with E-state index in [1.165, 1.54) is 6.42 Å². The van der Waals surface area contributed by atoms with E-state index < -0.39 is 17.9 Å². The van der Waals surface area contributed by atoms with Crippen molar-refractivity contribution in [1.82, 2.24) is 0 Å². The van der Waals surface area contributed by atoms with Crippen molar-refractivity contribution in [2.24, 2.45) is 5.92 Å². The zero-order chi connectivity index (χ0) is 15.0. The van der Waals surface area contributed by atoms with Gasteiger partial charge in [0.05, 0.1) is 13.2 Å². The topological polar surface area (TPSA) is 52.6 Å². The van der Waals surface area contributed by atoms with Gasteiger partial charge in [-0.15, -0.1) is 0 Å². The van der Waals surface area contributed by atoms with Gasteiger partial charge in [-0.05, 0) is 51.5 Å². The van der Waals surface area contributed by atoms with Crippen LogP contribution < -0.4 is 0 Å². The lowest BCUT2D eigenvalue weighted by Gasteiger charge is -2.19. The predicted octanol–water partition coefficient (Wildman–Crippen LogP) is 3.18. The Morgan fingerprint density at radius 3 is 2.25 bits per heavy atom. The van der Waals surface area contributed by atoms with E-state index in [4.69, 9.17) is 9.47 Å². The van der Waals surface area contributed by atoms with Gasteiger partial charge in [0.15, 0.2) is 5.92 Å². The average molecular weight is 280 g/mol. The number of rotatable bonds is 7. The van der Waals surface area contributed by atoms with Gasteiger partial charge in [0.1, 0.15) is 0 Å². The standard InChI is InChI=1S/C16H24O4/c1-4-19-15(17)14(16(18)20-5-2)11-12(3)13-9-7-6-8-10-13/h9,14H,3-8,10-11H2,1-2H3. The maximum Gasteiger partial charge on any atom is 0.320 e. The number of esters is 2. The number of ether oxygens (including phenoxy) is 2. The first-order valence-electron chi connectivity index (χ1n) is 7.30. The Hall–Kier alpha value is -1.58. The zero-order valence-corrected chi connectivity index (χ0v) is 12.4. The first kappa shape index (κ1) is 16.5. The second-order valence-electron chi connectivity index (χ2n) is 4.84. The lowest BCUT2D eigenvalue weighted by Crippen LogP contribution is -2.28. The van der Waals surface area contributed by atoms with Crippen LogP contribution in [0.15, 0.2) is 23.8 Å². The van der Waals surface area contributed by atoms with Crippen LogP contribution in [0.25, 0.3) is 0 Å². The van der Waals surface area contributed by atoms with E-state index in [2.05, 4.69) is 12.7 Å². The van der Waals surface area contributed by atoms with Crippen molar-refractivity contribution in [1.29, 1.82) is 0 Å². The second-order valence-corrected chi connectivity index (χ2v) is 4.84. The molecule has 20 heavy (non-hydrogen) atoms. The van der Waals surface area contributed by atoms with Crippen LogP contribution in [-0.4, -0.2) is 25.2 Å². The molecular weight excluding hydrogens is 256 g/mol. The molecule has 0 aromatic rings. The Morgan fingerprint density at radius 1 is 1.20 bits per heavy atom. The van der Waals surface area contributed by atoms with E-state index in [0.29, 0.717) is 0 Å². The molecule has 1 rings (SSSR count). The highest BCUT2D eigenvalue weighted by atomic mass is 16.6. The first-order chi connectivity index (χ1) is 9.60. The van der Waals surface area contributed by atoms with Crippen molar-refractivity contribution in [2.45, 2.75) is 46.0 Å². The lowest BCUT2D eigenvalue weighted by molar-refractivity contribution is -0.161. The summed E-state index contributed by atoms with van der Waals surface area (Å²) in [6.07, 6.45) is 6.77. The van der Waals surface area contributed by atoms with Gasteiger partial charge in [-0.1, -0.05) is 18.2 Å². The fraction of sp³-hybridized carbons (Fsp3) is 0.625. The predicted molar refractivity (Wildman–Crippen MR) is 77.1 cm³/mol. The van der Waals surface area contributed by atoms with Crippen LogP contribution in [0.2, 0.25) is 0 Å². The average Bonchev–Trinajstić information content (AvgIpc) is 2.45. The monoisotopic (exact) mass is 280 g/mol. The Labute approximate surface area is 120 Å². The number of carbonyl (C=O) groups excluding carboxylic acids is 2. The van der Waals surface area contributed by atoms with Crippen molar-refractivity contribution >= 4 is 11.9 Å². The molecule has 0 aromatic heterocycles. The van der Waals surface area contributed by atoms with E-state index in [9.17, 15) is 9.59 Å². The first-order valence-corrected chi connectivity index (χ1v) is 7.30. The van der Waals surface area contributed by atoms with E-state index in [1.54, 1.807) is 13.8 Å². The minimum atomic E-state index is -0.898. The molecule has 0 atom stereocenters. The van der Waals surface area contributed by atoms with Gasteiger partial charge < -0.3 is 9.47 Å². The summed E-state index contributed by atoms with van der Waals surface area (Å²) in [5, 5.41) is 0. The summed E-state index contributed by atoms with van der Waals surface area (Å²) < 4.78 is 9.92. The summed E-state index contributed by atoms with van der Waals surface area (Å²) in [6.45, 7) is 7.97. The van der Waals surface area contributed by atoms with Crippen LogP contribution in [0.3, 0.4) is 0 Å². The Morgan fingerprint density at radius 2 is 1.80 bits per heavy atom. The highest BCUT2D eigenvalue weighted by Gasteiger charge is 2.30. The van der Waals surface area contributed by atoms with Gasteiger partial charge in [-0.25, -0.2) is 0 Å². The molecule has 0 saturated heterocycles. The molecule has 0 aromatic carbocycles. The number of hydrogen-bond acceptors (Lipinski definition) is 4. The molecule has 4 nitrogen and oxygen atoms in total. The smallest absolute Gasteiger partial charge is 0.320 e. The molecule has 1 aliphatic rings. The molecule has 0 bridgehead atoms. The molecule has 0 N–H and O–H groups in total. The number of hydrogen-bond donors (Lipinski definition) is 0. The molecule has 0 radical (unpaired) electrons. The Kier molecular flexibility index (Phi) is 7.05. The molecule has 0 fully saturated rings. The van der Waals surface area contributed by atoms with Crippen molar-refractivity contribution < 1.29 is 19.1 Å². The van der Waals surface area contributed by atoms with Crippen molar-refractivity contribution in [3.8, 4) is 0 Å². The molecule has 0 saturated carbocycles. The minimum absolute atomic E-state index is 0.254. The summed E-state index contributed by atoms with van der Waals surface area (Å²) >= 11 is 0. The van der Waals surface area contributed by atoms with Crippen LogP contribution in [-0.2, 0) is 19.1 Å². The third kappa shape index (κ3) is 4.83. The van der Waals surface area contributed by atoms with E-state index in [0.717, 1.165) is 30.4 Å². The van der Waals surface area contributed by atoms with Crippen molar-refractivity contribution in [2.75, 3.05) is 13.2 Å². The molecule has 1 aliphatic carbocycles. The van der Waals surface area contributed by atoms with E-state index >= 15 is 0 Å². The summed E-state index contributed by atoms with van der Waals surface area (Å²) in [4.78, 5) is 23.8. The zero-order valence-electron chi connectivity index (χ0n) is 12.4. The van der Waals surface area contributed by atoms with Crippen LogP contribution >= 0.6 is 0 Å². The van der Waals surface area contributed by atoms with Crippen LogP contribution in [0, 0.1) is 5.92 Å². The van der Waals surface area contributed by atoms with Crippen LogP contribution in [0.1, 0.15) is 46.0 Å². The third-order valence-corrected chi connectivity index (χ3v) is 3.34. The fourth-order valence-electron chi connectivity index (χ4n) is 2.29. The van der Waals surface area contributed by atoms with Gasteiger partial charge in [0.2, 0.25) is 0 Å².